The first kappa shape index (κ1) is 15.6. The summed E-state index contributed by atoms with van der Waals surface area (Å²) in [7, 11) is 1.51. The van der Waals surface area contributed by atoms with Crippen molar-refractivity contribution < 1.29 is 24.2 Å². The van der Waals surface area contributed by atoms with Crippen LogP contribution in [0, 0.1) is 0 Å². The second kappa shape index (κ2) is 6.76. The van der Waals surface area contributed by atoms with Gasteiger partial charge in [-0.15, -0.1) is 0 Å². The van der Waals surface area contributed by atoms with Gasteiger partial charge in [0, 0.05) is 5.56 Å². The Kier molecular flexibility index (Phi) is 4.78. The fraction of sp³-hybridized carbons (Fsp3) is 0.176. The van der Waals surface area contributed by atoms with Gasteiger partial charge in [0.25, 0.3) is 0 Å². The average molecular weight is 300 g/mol. The first-order chi connectivity index (χ1) is 10.5. The lowest BCUT2D eigenvalue weighted by molar-refractivity contribution is 0.0696. The van der Waals surface area contributed by atoms with Gasteiger partial charge in [0.1, 0.15) is 6.61 Å². The number of methoxy groups -OCH3 is 1. The predicted molar refractivity (Wildman–Crippen MR) is 80.7 cm³/mol. The first-order valence-corrected chi connectivity index (χ1v) is 6.65. The van der Waals surface area contributed by atoms with Crippen LogP contribution in [-0.4, -0.2) is 24.0 Å². The number of carbonyl (C=O) groups excluding carboxylic acids is 1. The molecule has 2 rings (SSSR count). The zero-order chi connectivity index (χ0) is 16.1. The van der Waals surface area contributed by atoms with E-state index in [9.17, 15) is 9.59 Å². The van der Waals surface area contributed by atoms with Crippen LogP contribution in [-0.2, 0) is 6.61 Å². The standard InChI is InChI=1S/C17H16O5/c1-11(18)14-7-8-15(16(9-14)21-2)22-10-12-3-5-13(6-4-12)17(19)20/h3-9H,10H2,1-2H3,(H,19,20). The fourth-order valence-electron chi connectivity index (χ4n) is 1.91. The topological polar surface area (TPSA) is 72.8 Å². The number of ether oxygens (including phenoxy) is 2. The smallest absolute Gasteiger partial charge is 0.335 e. The Labute approximate surface area is 128 Å². The molecule has 0 fully saturated rings. The minimum Gasteiger partial charge on any atom is -0.493 e. The number of hydrogen-bond acceptors (Lipinski definition) is 4. The Hall–Kier alpha value is -2.82. The van der Waals surface area contributed by atoms with Gasteiger partial charge in [-0.3, -0.25) is 4.79 Å². The molecule has 0 aliphatic rings. The Morgan fingerprint density at radius 3 is 2.18 bits per heavy atom. The van der Waals surface area contributed by atoms with E-state index in [4.69, 9.17) is 14.6 Å². The Morgan fingerprint density at radius 2 is 1.64 bits per heavy atom. The Morgan fingerprint density at radius 1 is 1.00 bits per heavy atom. The molecular weight excluding hydrogens is 284 g/mol. The van der Waals surface area contributed by atoms with Crippen LogP contribution in [0.15, 0.2) is 42.5 Å². The van der Waals surface area contributed by atoms with E-state index in [0.29, 0.717) is 17.1 Å². The molecule has 0 saturated heterocycles. The van der Waals surface area contributed by atoms with Gasteiger partial charge < -0.3 is 14.6 Å². The number of rotatable bonds is 6. The van der Waals surface area contributed by atoms with Crippen LogP contribution in [0.5, 0.6) is 11.5 Å². The van der Waals surface area contributed by atoms with Crippen molar-refractivity contribution in [1.29, 1.82) is 0 Å². The molecule has 0 spiro atoms. The molecule has 0 aromatic heterocycles. The lowest BCUT2D eigenvalue weighted by Gasteiger charge is -2.11. The maximum absolute atomic E-state index is 11.3. The zero-order valence-electron chi connectivity index (χ0n) is 12.3. The number of carboxylic acids is 1. The lowest BCUT2D eigenvalue weighted by atomic mass is 10.1. The molecule has 5 nitrogen and oxygen atoms in total. The molecule has 0 atom stereocenters. The average Bonchev–Trinajstić information content (AvgIpc) is 2.52. The second-order valence-electron chi connectivity index (χ2n) is 4.71. The molecule has 2 aromatic rings. The van der Waals surface area contributed by atoms with Gasteiger partial charge in [-0.2, -0.15) is 0 Å². The number of carboxylic acid groups (broad SMARTS) is 1. The molecule has 0 unspecified atom stereocenters. The number of aromatic carboxylic acids is 1. The third-order valence-electron chi connectivity index (χ3n) is 3.17. The molecule has 0 heterocycles. The molecule has 0 bridgehead atoms. The molecule has 0 radical (unpaired) electrons. The third kappa shape index (κ3) is 3.63. The van der Waals surface area contributed by atoms with Gasteiger partial charge >= 0.3 is 5.97 Å². The Balaban J connectivity index is 2.10. The van der Waals surface area contributed by atoms with Gasteiger partial charge in [0.05, 0.1) is 12.7 Å². The molecule has 22 heavy (non-hydrogen) atoms. The largest absolute Gasteiger partial charge is 0.493 e. The molecule has 114 valence electrons. The van der Waals surface area contributed by atoms with Gasteiger partial charge in [0.15, 0.2) is 17.3 Å². The maximum atomic E-state index is 11.3. The second-order valence-corrected chi connectivity index (χ2v) is 4.71. The fourth-order valence-corrected chi connectivity index (χ4v) is 1.91. The van der Waals surface area contributed by atoms with Crippen molar-refractivity contribution in [3.8, 4) is 11.5 Å². The quantitative estimate of drug-likeness (QED) is 0.829. The van der Waals surface area contributed by atoms with Crippen molar-refractivity contribution in [3.05, 3.63) is 59.2 Å². The van der Waals surface area contributed by atoms with Crippen LogP contribution in [0.4, 0.5) is 0 Å². The molecule has 0 saturated carbocycles. The van der Waals surface area contributed by atoms with Crippen molar-refractivity contribution in [2.24, 2.45) is 0 Å². The summed E-state index contributed by atoms with van der Waals surface area (Å²) in [6, 6.07) is 11.4. The predicted octanol–water partition coefficient (Wildman–Crippen LogP) is 3.18. The first-order valence-electron chi connectivity index (χ1n) is 6.65. The van der Waals surface area contributed by atoms with E-state index in [-0.39, 0.29) is 18.0 Å². The molecular formula is C17H16O5. The number of carbonyl (C=O) groups is 2. The third-order valence-corrected chi connectivity index (χ3v) is 3.17. The maximum Gasteiger partial charge on any atom is 0.335 e. The summed E-state index contributed by atoms with van der Waals surface area (Å²) in [6.07, 6.45) is 0. The number of Topliss-reactive ketones (excluding diaryl/α,β-unsaturated/α-hetero) is 1. The van der Waals surface area contributed by atoms with Gasteiger partial charge in [-0.25, -0.2) is 4.79 Å². The summed E-state index contributed by atoms with van der Waals surface area (Å²) < 4.78 is 10.9. The van der Waals surface area contributed by atoms with Crippen LogP contribution in [0.1, 0.15) is 33.2 Å². The van der Waals surface area contributed by atoms with Gasteiger partial charge in [-0.1, -0.05) is 12.1 Å². The van der Waals surface area contributed by atoms with Crippen molar-refractivity contribution in [1.82, 2.24) is 0 Å². The monoisotopic (exact) mass is 300 g/mol. The molecule has 1 N–H and O–H groups in total. The van der Waals surface area contributed by atoms with Crippen molar-refractivity contribution >= 4 is 11.8 Å². The number of hydrogen-bond donors (Lipinski definition) is 1. The summed E-state index contributed by atoms with van der Waals surface area (Å²) in [5.74, 6) is -0.00673. The summed E-state index contributed by atoms with van der Waals surface area (Å²) in [5.41, 5.74) is 1.62. The minimum atomic E-state index is -0.964. The highest BCUT2D eigenvalue weighted by molar-refractivity contribution is 5.94. The SMILES string of the molecule is COc1cc(C(C)=O)ccc1OCc1ccc(C(=O)O)cc1. The van der Waals surface area contributed by atoms with E-state index >= 15 is 0 Å². The highest BCUT2D eigenvalue weighted by atomic mass is 16.5. The van der Waals surface area contributed by atoms with E-state index in [1.165, 1.54) is 26.2 Å². The van der Waals surface area contributed by atoms with Crippen LogP contribution in [0.25, 0.3) is 0 Å². The molecule has 0 aliphatic carbocycles. The molecule has 5 heteroatoms. The lowest BCUT2D eigenvalue weighted by Crippen LogP contribution is -2.01. The minimum absolute atomic E-state index is 0.0471. The normalized spacial score (nSPS) is 10.1. The Bertz CT molecular complexity index is 689. The van der Waals surface area contributed by atoms with Gasteiger partial charge in [-0.05, 0) is 42.8 Å². The van der Waals surface area contributed by atoms with E-state index in [0.717, 1.165) is 5.56 Å². The van der Waals surface area contributed by atoms with E-state index in [2.05, 4.69) is 0 Å². The van der Waals surface area contributed by atoms with Crippen LogP contribution < -0.4 is 9.47 Å². The molecule has 0 aliphatic heterocycles. The van der Waals surface area contributed by atoms with Crippen molar-refractivity contribution in [2.75, 3.05) is 7.11 Å². The van der Waals surface area contributed by atoms with E-state index in [1.54, 1.807) is 30.3 Å². The highest BCUT2D eigenvalue weighted by Crippen LogP contribution is 2.29. The summed E-state index contributed by atoms with van der Waals surface area (Å²) in [4.78, 5) is 22.1. The highest BCUT2D eigenvalue weighted by Gasteiger charge is 2.09. The summed E-state index contributed by atoms with van der Waals surface area (Å²) in [5, 5.41) is 8.85. The molecule has 0 amide bonds. The zero-order valence-corrected chi connectivity index (χ0v) is 12.3. The van der Waals surface area contributed by atoms with E-state index in [1.807, 2.05) is 0 Å². The summed E-state index contributed by atoms with van der Waals surface area (Å²) in [6.45, 7) is 1.76. The number of benzene rings is 2. The van der Waals surface area contributed by atoms with Crippen LogP contribution >= 0.6 is 0 Å². The van der Waals surface area contributed by atoms with Crippen LogP contribution in [0.3, 0.4) is 0 Å². The number of ketones is 1. The molecule has 2 aromatic carbocycles. The van der Waals surface area contributed by atoms with Crippen molar-refractivity contribution in [2.45, 2.75) is 13.5 Å². The van der Waals surface area contributed by atoms with Crippen LogP contribution in [0.2, 0.25) is 0 Å². The van der Waals surface area contributed by atoms with Crippen molar-refractivity contribution in [3.63, 3.8) is 0 Å². The van der Waals surface area contributed by atoms with Gasteiger partial charge in [0.2, 0.25) is 0 Å². The summed E-state index contributed by atoms with van der Waals surface area (Å²) >= 11 is 0. The van der Waals surface area contributed by atoms with E-state index < -0.39 is 5.97 Å².